The molecule has 0 aliphatic carbocycles. The molecule has 0 aliphatic rings. The molecule has 3 heteroatoms. The lowest BCUT2D eigenvalue weighted by atomic mass is 9.90. The third-order valence-electron chi connectivity index (χ3n) is 3.25. The van der Waals surface area contributed by atoms with Crippen molar-refractivity contribution in [2.45, 2.75) is 45.1 Å². The zero-order valence-corrected chi connectivity index (χ0v) is 12.2. The molecule has 96 valence electrons. The van der Waals surface area contributed by atoms with Crippen LogP contribution in [0, 0.1) is 0 Å². The standard InChI is InChI=1S/C14H22BrNO/c1-3-10-5-6-12(8-14(10)15)11(4-2)7-13(17)9-16/h5-6,8,11,13,17H,3-4,7,9,16H2,1-2H3. The van der Waals surface area contributed by atoms with Crippen LogP contribution in [0.15, 0.2) is 22.7 Å². The Morgan fingerprint density at radius 2 is 2.06 bits per heavy atom. The second-order valence-corrected chi connectivity index (χ2v) is 5.29. The van der Waals surface area contributed by atoms with Gasteiger partial charge in [0.1, 0.15) is 0 Å². The highest BCUT2D eigenvalue weighted by Gasteiger charge is 2.14. The van der Waals surface area contributed by atoms with Crippen molar-refractivity contribution in [1.82, 2.24) is 0 Å². The number of nitrogens with two attached hydrogens (primary N) is 1. The van der Waals surface area contributed by atoms with E-state index in [9.17, 15) is 5.11 Å². The van der Waals surface area contributed by atoms with E-state index in [0.29, 0.717) is 12.5 Å². The number of rotatable bonds is 6. The van der Waals surface area contributed by atoms with E-state index in [-0.39, 0.29) is 0 Å². The van der Waals surface area contributed by atoms with E-state index >= 15 is 0 Å². The third kappa shape index (κ3) is 4.09. The van der Waals surface area contributed by atoms with E-state index < -0.39 is 6.10 Å². The van der Waals surface area contributed by atoms with Crippen LogP contribution in [0.2, 0.25) is 0 Å². The second kappa shape index (κ2) is 7.14. The molecule has 2 atom stereocenters. The van der Waals surface area contributed by atoms with Crippen molar-refractivity contribution in [2.75, 3.05) is 6.54 Å². The summed E-state index contributed by atoms with van der Waals surface area (Å²) in [5.74, 6) is 0.385. The van der Waals surface area contributed by atoms with Crippen molar-refractivity contribution < 1.29 is 5.11 Å². The smallest absolute Gasteiger partial charge is 0.0668 e. The molecule has 2 unspecified atom stereocenters. The van der Waals surface area contributed by atoms with Crippen LogP contribution < -0.4 is 5.73 Å². The van der Waals surface area contributed by atoms with Crippen molar-refractivity contribution in [3.05, 3.63) is 33.8 Å². The molecule has 0 saturated heterocycles. The maximum Gasteiger partial charge on any atom is 0.0668 e. The van der Waals surface area contributed by atoms with E-state index in [1.54, 1.807) is 0 Å². The Labute approximate surface area is 112 Å². The van der Waals surface area contributed by atoms with Crippen molar-refractivity contribution in [1.29, 1.82) is 0 Å². The molecule has 1 aromatic rings. The molecule has 0 amide bonds. The van der Waals surface area contributed by atoms with E-state index in [0.717, 1.165) is 23.7 Å². The first-order valence-electron chi connectivity index (χ1n) is 6.28. The molecule has 0 saturated carbocycles. The minimum atomic E-state index is -0.399. The number of halogens is 1. The minimum absolute atomic E-state index is 0.338. The molecule has 0 radical (unpaired) electrons. The lowest BCUT2D eigenvalue weighted by Crippen LogP contribution is -2.22. The summed E-state index contributed by atoms with van der Waals surface area (Å²) in [6, 6.07) is 6.51. The highest BCUT2D eigenvalue weighted by atomic mass is 79.9. The van der Waals surface area contributed by atoms with Crippen LogP contribution in [0.5, 0.6) is 0 Å². The zero-order chi connectivity index (χ0) is 12.8. The van der Waals surface area contributed by atoms with E-state index in [4.69, 9.17) is 5.73 Å². The summed E-state index contributed by atoms with van der Waals surface area (Å²) in [6.07, 6.45) is 2.40. The number of aryl methyl sites for hydroxylation is 1. The maximum absolute atomic E-state index is 9.65. The summed E-state index contributed by atoms with van der Waals surface area (Å²) in [4.78, 5) is 0. The molecule has 1 aromatic carbocycles. The molecule has 0 aromatic heterocycles. The molecule has 0 heterocycles. The fourth-order valence-electron chi connectivity index (χ4n) is 2.07. The topological polar surface area (TPSA) is 46.2 Å². The highest BCUT2D eigenvalue weighted by Crippen LogP contribution is 2.29. The lowest BCUT2D eigenvalue weighted by Gasteiger charge is -2.19. The van der Waals surface area contributed by atoms with Gasteiger partial charge in [0.2, 0.25) is 0 Å². The molecule has 2 nitrogen and oxygen atoms in total. The number of hydrogen-bond donors (Lipinski definition) is 2. The fraction of sp³-hybridized carbons (Fsp3) is 0.571. The van der Waals surface area contributed by atoms with Gasteiger partial charge >= 0.3 is 0 Å². The van der Waals surface area contributed by atoms with E-state index in [1.807, 2.05) is 0 Å². The van der Waals surface area contributed by atoms with E-state index in [2.05, 4.69) is 48.0 Å². The van der Waals surface area contributed by atoms with Crippen LogP contribution in [-0.2, 0) is 6.42 Å². The summed E-state index contributed by atoms with van der Waals surface area (Å²) >= 11 is 3.60. The minimum Gasteiger partial charge on any atom is -0.392 e. The van der Waals surface area contributed by atoms with Crippen LogP contribution >= 0.6 is 15.9 Å². The molecule has 0 spiro atoms. The van der Waals surface area contributed by atoms with Gasteiger partial charge in [-0.1, -0.05) is 41.9 Å². The Hall–Kier alpha value is -0.380. The van der Waals surface area contributed by atoms with Gasteiger partial charge in [-0.25, -0.2) is 0 Å². The first-order chi connectivity index (χ1) is 8.12. The Morgan fingerprint density at radius 3 is 2.53 bits per heavy atom. The van der Waals surface area contributed by atoms with Crippen molar-refractivity contribution in [3.8, 4) is 0 Å². The molecule has 3 N–H and O–H groups in total. The Bertz CT molecular complexity index is 354. The number of aliphatic hydroxyl groups excluding tert-OH is 1. The Morgan fingerprint density at radius 1 is 1.35 bits per heavy atom. The molecule has 17 heavy (non-hydrogen) atoms. The van der Waals surface area contributed by atoms with Gasteiger partial charge in [-0.2, -0.15) is 0 Å². The Balaban J connectivity index is 2.85. The first kappa shape index (κ1) is 14.7. The van der Waals surface area contributed by atoms with Crippen LogP contribution in [0.25, 0.3) is 0 Å². The summed E-state index contributed by atoms with van der Waals surface area (Å²) < 4.78 is 1.16. The SMILES string of the molecule is CCc1ccc(C(CC)CC(O)CN)cc1Br. The molecule has 0 fully saturated rings. The first-order valence-corrected chi connectivity index (χ1v) is 7.08. The summed E-state index contributed by atoms with van der Waals surface area (Å²) in [7, 11) is 0. The van der Waals surface area contributed by atoms with Crippen molar-refractivity contribution >= 4 is 15.9 Å². The normalized spacial score (nSPS) is 14.6. The van der Waals surface area contributed by atoms with Gasteiger partial charge in [-0.05, 0) is 42.4 Å². The largest absolute Gasteiger partial charge is 0.392 e. The lowest BCUT2D eigenvalue weighted by molar-refractivity contribution is 0.162. The molecule has 0 aliphatic heterocycles. The van der Waals surface area contributed by atoms with Crippen molar-refractivity contribution in [2.24, 2.45) is 5.73 Å². The Kier molecular flexibility index (Phi) is 6.17. The zero-order valence-electron chi connectivity index (χ0n) is 10.6. The molecular weight excluding hydrogens is 278 g/mol. The summed E-state index contributed by atoms with van der Waals surface area (Å²) in [5, 5.41) is 9.65. The van der Waals surface area contributed by atoms with Crippen LogP contribution in [0.1, 0.15) is 43.7 Å². The van der Waals surface area contributed by atoms with Gasteiger partial charge in [-0.3, -0.25) is 0 Å². The van der Waals surface area contributed by atoms with Crippen LogP contribution in [-0.4, -0.2) is 17.8 Å². The predicted molar refractivity (Wildman–Crippen MR) is 76.2 cm³/mol. The predicted octanol–water partition coefficient (Wildman–Crippen LogP) is 3.21. The number of aliphatic hydroxyl groups is 1. The van der Waals surface area contributed by atoms with Gasteiger partial charge in [0.25, 0.3) is 0 Å². The third-order valence-corrected chi connectivity index (χ3v) is 3.99. The van der Waals surface area contributed by atoms with E-state index in [1.165, 1.54) is 11.1 Å². The van der Waals surface area contributed by atoms with Gasteiger partial charge in [0.05, 0.1) is 6.10 Å². The average Bonchev–Trinajstić information content (AvgIpc) is 2.35. The quantitative estimate of drug-likeness (QED) is 0.847. The monoisotopic (exact) mass is 299 g/mol. The highest BCUT2D eigenvalue weighted by molar-refractivity contribution is 9.10. The van der Waals surface area contributed by atoms with Gasteiger partial charge in [0, 0.05) is 11.0 Å². The fourth-order valence-corrected chi connectivity index (χ4v) is 2.74. The summed E-state index contributed by atoms with van der Waals surface area (Å²) in [6.45, 7) is 4.63. The maximum atomic E-state index is 9.65. The molecule has 0 bridgehead atoms. The summed E-state index contributed by atoms with van der Waals surface area (Å²) in [5.41, 5.74) is 8.07. The van der Waals surface area contributed by atoms with Gasteiger partial charge in [0.15, 0.2) is 0 Å². The number of hydrogen-bond acceptors (Lipinski definition) is 2. The average molecular weight is 300 g/mol. The van der Waals surface area contributed by atoms with Crippen LogP contribution in [0.4, 0.5) is 0 Å². The molecular formula is C14H22BrNO. The second-order valence-electron chi connectivity index (χ2n) is 4.43. The van der Waals surface area contributed by atoms with Gasteiger partial charge in [-0.15, -0.1) is 0 Å². The van der Waals surface area contributed by atoms with Crippen molar-refractivity contribution in [3.63, 3.8) is 0 Å². The molecule has 1 rings (SSSR count). The number of benzene rings is 1. The van der Waals surface area contributed by atoms with Crippen LogP contribution in [0.3, 0.4) is 0 Å². The van der Waals surface area contributed by atoms with Gasteiger partial charge < -0.3 is 10.8 Å².